The smallest absolute Gasteiger partial charge is 0.0936 e. The van der Waals surface area contributed by atoms with Crippen molar-refractivity contribution in [3.8, 4) is 0 Å². The molecule has 2 nitrogen and oxygen atoms in total. The lowest BCUT2D eigenvalue weighted by molar-refractivity contribution is 0.0904. The van der Waals surface area contributed by atoms with E-state index >= 15 is 0 Å². The highest BCUT2D eigenvalue weighted by Gasteiger charge is 2.33. The minimum Gasteiger partial charge on any atom is -0.372 e. The van der Waals surface area contributed by atoms with Crippen LogP contribution in [0.2, 0.25) is 0 Å². The fourth-order valence-corrected chi connectivity index (χ4v) is 2.63. The Morgan fingerprint density at radius 1 is 1.21 bits per heavy atom. The largest absolute Gasteiger partial charge is 0.372 e. The van der Waals surface area contributed by atoms with Gasteiger partial charge in [0.15, 0.2) is 0 Å². The van der Waals surface area contributed by atoms with Crippen LogP contribution in [0.15, 0.2) is 0 Å². The second kappa shape index (κ2) is 4.19. The van der Waals surface area contributed by atoms with Crippen molar-refractivity contribution in [2.75, 3.05) is 26.2 Å². The zero-order valence-corrected chi connectivity index (χ0v) is 9.59. The van der Waals surface area contributed by atoms with Crippen molar-refractivity contribution < 1.29 is 4.74 Å². The quantitative estimate of drug-likeness (QED) is 0.643. The Hall–Kier alpha value is -0.0800. The number of nitrogens with zero attached hydrogens (tertiary/aromatic N) is 1. The summed E-state index contributed by atoms with van der Waals surface area (Å²) < 4.78 is 5.27. The first kappa shape index (κ1) is 10.4. The number of hydrogen-bond acceptors (Lipinski definition) is 2. The van der Waals surface area contributed by atoms with Gasteiger partial charge >= 0.3 is 0 Å². The van der Waals surface area contributed by atoms with E-state index < -0.39 is 0 Å². The maximum absolute atomic E-state index is 5.27. The fourth-order valence-electron chi connectivity index (χ4n) is 2.63. The lowest BCUT2D eigenvalue weighted by Gasteiger charge is -2.40. The Kier molecular flexibility index (Phi) is 3.13. The van der Waals surface area contributed by atoms with Crippen molar-refractivity contribution in [3.05, 3.63) is 0 Å². The van der Waals surface area contributed by atoms with E-state index in [2.05, 4.69) is 18.7 Å². The van der Waals surface area contributed by atoms with Gasteiger partial charge in [-0.3, -0.25) is 0 Å². The molecule has 0 N–H and O–H groups in total. The van der Waals surface area contributed by atoms with Crippen molar-refractivity contribution in [1.82, 2.24) is 4.90 Å². The van der Waals surface area contributed by atoms with Crippen LogP contribution in [0.1, 0.15) is 39.5 Å². The van der Waals surface area contributed by atoms with Gasteiger partial charge in [0.05, 0.1) is 12.7 Å². The summed E-state index contributed by atoms with van der Waals surface area (Å²) in [7, 11) is 0. The topological polar surface area (TPSA) is 15.8 Å². The van der Waals surface area contributed by atoms with Crippen LogP contribution in [0.3, 0.4) is 0 Å². The zero-order chi connectivity index (χ0) is 10.0. The highest BCUT2D eigenvalue weighted by Crippen LogP contribution is 2.38. The Balaban J connectivity index is 1.77. The predicted octanol–water partition coefficient (Wildman–Crippen LogP) is 2.29. The molecule has 0 amide bonds. The maximum atomic E-state index is 5.27. The normalized spacial score (nSPS) is 31.7. The van der Waals surface area contributed by atoms with Crippen molar-refractivity contribution in [2.24, 2.45) is 5.41 Å². The molecule has 2 heterocycles. The van der Waals surface area contributed by atoms with E-state index in [1.807, 2.05) is 0 Å². The Morgan fingerprint density at radius 2 is 1.79 bits per heavy atom. The first-order chi connectivity index (χ1) is 6.78. The summed E-state index contributed by atoms with van der Waals surface area (Å²) in [4.78, 5) is 2.58. The molecule has 2 aliphatic rings. The molecule has 1 atom stereocenters. The van der Waals surface area contributed by atoms with E-state index in [1.54, 1.807) is 0 Å². The molecule has 0 bridgehead atoms. The second-order valence-electron chi connectivity index (χ2n) is 4.96. The van der Waals surface area contributed by atoms with Crippen LogP contribution < -0.4 is 0 Å². The van der Waals surface area contributed by atoms with Gasteiger partial charge < -0.3 is 9.64 Å². The van der Waals surface area contributed by atoms with E-state index in [0.29, 0.717) is 11.5 Å². The molecule has 2 fully saturated rings. The van der Waals surface area contributed by atoms with Crippen LogP contribution in [-0.2, 0) is 4.74 Å². The van der Waals surface area contributed by atoms with Gasteiger partial charge in [0.1, 0.15) is 0 Å². The molecule has 2 heteroatoms. The number of epoxide rings is 1. The first-order valence-corrected chi connectivity index (χ1v) is 6.12. The standard InChI is InChI=1S/C12H23NO/c1-3-12(4-2)5-7-13(8-6-12)9-11-10-14-11/h11H,3-10H2,1-2H3. The predicted molar refractivity (Wildman–Crippen MR) is 58.4 cm³/mol. The third-order valence-corrected chi connectivity index (χ3v) is 4.28. The molecule has 0 aromatic rings. The summed E-state index contributed by atoms with van der Waals surface area (Å²) in [6.07, 6.45) is 6.08. The van der Waals surface area contributed by atoms with E-state index in [0.717, 1.165) is 6.61 Å². The maximum Gasteiger partial charge on any atom is 0.0936 e. The van der Waals surface area contributed by atoms with Crippen molar-refractivity contribution in [3.63, 3.8) is 0 Å². The zero-order valence-electron chi connectivity index (χ0n) is 9.59. The van der Waals surface area contributed by atoms with Gasteiger partial charge in [-0.1, -0.05) is 26.7 Å². The summed E-state index contributed by atoms with van der Waals surface area (Å²) in [5.41, 5.74) is 0.668. The molecule has 0 aliphatic carbocycles. The Labute approximate surface area is 87.6 Å². The molecule has 2 rings (SSSR count). The minimum absolute atomic E-state index is 0.575. The molecule has 0 spiro atoms. The molecule has 14 heavy (non-hydrogen) atoms. The number of rotatable bonds is 4. The summed E-state index contributed by atoms with van der Waals surface area (Å²) in [5, 5.41) is 0. The highest BCUT2D eigenvalue weighted by molar-refractivity contribution is 4.86. The van der Waals surface area contributed by atoms with Gasteiger partial charge in [-0.25, -0.2) is 0 Å². The Bertz CT molecular complexity index is 175. The number of ether oxygens (including phenoxy) is 1. The first-order valence-electron chi connectivity index (χ1n) is 6.12. The second-order valence-corrected chi connectivity index (χ2v) is 4.96. The third-order valence-electron chi connectivity index (χ3n) is 4.28. The lowest BCUT2D eigenvalue weighted by atomic mass is 9.74. The van der Waals surface area contributed by atoms with Crippen LogP contribution >= 0.6 is 0 Å². The van der Waals surface area contributed by atoms with Gasteiger partial charge in [-0.2, -0.15) is 0 Å². The molecule has 1 unspecified atom stereocenters. The van der Waals surface area contributed by atoms with Gasteiger partial charge in [0.2, 0.25) is 0 Å². The van der Waals surface area contributed by atoms with Crippen molar-refractivity contribution in [1.29, 1.82) is 0 Å². The summed E-state index contributed by atoms with van der Waals surface area (Å²) >= 11 is 0. The molecule has 0 radical (unpaired) electrons. The highest BCUT2D eigenvalue weighted by atomic mass is 16.6. The van der Waals surface area contributed by atoms with E-state index in [4.69, 9.17) is 4.74 Å². The van der Waals surface area contributed by atoms with Gasteiger partial charge in [0, 0.05) is 6.54 Å². The SMILES string of the molecule is CCC1(CC)CCN(CC2CO2)CC1. The van der Waals surface area contributed by atoms with E-state index in [1.165, 1.54) is 45.3 Å². The number of piperidine rings is 1. The molecular weight excluding hydrogens is 174 g/mol. The fraction of sp³-hybridized carbons (Fsp3) is 1.00. The van der Waals surface area contributed by atoms with Gasteiger partial charge in [-0.15, -0.1) is 0 Å². The molecule has 0 saturated carbocycles. The monoisotopic (exact) mass is 197 g/mol. The van der Waals surface area contributed by atoms with Gasteiger partial charge in [0.25, 0.3) is 0 Å². The van der Waals surface area contributed by atoms with Crippen LogP contribution in [0.25, 0.3) is 0 Å². The average Bonchev–Trinajstić information content (AvgIpc) is 3.04. The van der Waals surface area contributed by atoms with Crippen LogP contribution in [0, 0.1) is 5.41 Å². The lowest BCUT2D eigenvalue weighted by Crippen LogP contribution is -2.41. The molecule has 0 aromatic carbocycles. The molecule has 2 aliphatic heterocycles. The average molecular weight is 197 g/mol. The van der Waals surface area contributed by atoms with E-state index in [-0.39, 0.29) is 0 Å². The van der Waals surface area contributed by atoms with Crippen LogP contribution in [0.5, 0.6) is 0 Å². The summed E-state index contributed by atoms with van der Waals surface area (Å²) in [6, 6.07) is 0. The number of likely N-dealkylation sites (tertiary alicyclic amines) is 1. The van der Waals surface area contributed by atoms with Crippen LogP contribution in [0.4, 0.5) is 0 Å². The Morgan fingerprint density at radius 3 is 2.21 bits per heavy atom. The minimum atomic E-state index is 0.575. The molecular formula is C12H23NO. The molecule has 82 valence electrons. The number of hydrogen-bond donors (Lipinski definition) is 0. The van der Waals surface area contributed by atoms with E-state index in [9.17, 15) is 0 Å². The molecule has 2 saturated heterocycles. The summed E-state index contributed by atoms with van der Waals surface area (Å²) in [6.45, 7) is 9.47. The molecule has 0 aromatic heterocycles. The third kappa shape index (κ3) is 2.29. The van der Waals surface area contributed by atoms with Crippen molar-refractivity contribution >= 4 is 0 Å². The van der Waals surface area contributed by atoms with Crippen LogP contribution in [-0.4, -0.2) is 37.2 Å². The van der Waals surface area contributed by atoms with Crippen molar-refractivity contribution in [2.45, 2.75) is 45.6 Å². The van der Waals surface area contributed by atoms with Gasteiger partial charge in [-0.05, 0) is 31.3 Å². The summed E-state index contributed by atoms with van der Waals surface area (Å²) in [5.74, 6) is 0.